The number of likely N-dealkylation sites (N-methyl/N-ethyl adjacent to an activating group) is 1. The number of nitrogens with one attached hydrogen (secondary N) is 2. The van der Waals surface area contributed by atoms with Crippen LogP contribution in [0.5, 0.6) is 0 Å². The van der Waals surface area contributed by atoms with E-state index in [2.05, 4.69) is 10.6 Å². The van der Waals surface area contributed by atoms with Crippen LogP contribution in [0.1, 0.15) is 19.8 Å². The fourth-order valence-electron chi connectivity index (χ4n) is 2.51. The van der Waals surface area contributed by atoms with Crippen molar-refractivity contribution in [1.82, 2.24) is 10.2 Å². The molecule has 1 aliphatic heterocycles. The van der Waals surface area contributed by atoms with Crippen LogP contribution in [0.15, 0.2) is 18.2 Å². The number of benzene rings is 1. The Bertz CT molecular complexity index is 490. The Kier molecular flexibility index (Phi) is 5.64. The highest BCUT2D eigenvalue weighted by molar-refractivity contribution is 5.92. The van der Waals surface area contributed by atoms with Crippen molar-refractivity contribution in [1.29, 1.82) is 0 Å². The lowest BCUT2D eigenvalue weighted by Crippen LogP contribution is -2.41. The highest BCUT2D eigenvalue weighted by Crippen LogP contribution is 2.15. The van der Waals surface area contributed by atoms with Crippen LogP contribution in [0.2, 0.25) is 0 Å². The summed E-state index contributed by atoms with van der Waals surface area (Å²) in [7, 11) is 0. The predicted molar refractivity (Wildman–Crippen MR) is 78.1 cm³/mol. The van der Waals surface area contributed by atoms with Gasteiger partial charge in [0.15, 0.2) is 0 Å². The number of halogens is 2. The van der Waals surface area contributed by atoms with E-state index in [0.717, 1.165) is 44.6 Å². The molecule has 1 aliphatic rings. The molecule has 1 aromatic carbocycles. The minimum atomic E-state index is -0.760. The van der Waals surface area contributed by atoms with Gasteiger partial charge in [0.05, 0.1) is 12.2 Å². The van der Waals surface area contributed by atoms with Crippen molar-refractivity contribution >= 4 is 11.6 Å². The van der Waals surface area contributed by atoms with Crippen molar-refractivity contribution in [2.24, 2.45) is 0 Å². The standard InChI is InChI=1S/C15H21F2N3O/c1-2-20(9-12-4-3-7-18-12)10-15(21)19-14-6-5-11(16)8-13(14)17/h5-6,8,12,18H,2-4,7,9-10H2,1H3,(H,19,21). The Morgan fingerprint density at radius 3 is 2.90 bits per heavy atom. The van der Waals surface area contributed by atoms with Gasteiger partial charge >= 0.3 is 0 Å². The number of carbonyl (C=O) groups excluding carboxylic acids is 1. The number of rotatable bonds is 6. The van der Waals surface area contributed by atoms with Crippen molar-refractivity contribution in [2.45, 2.75) is 25.8 Å². The number of amides is 1. The molecule has 0 saturated carbocycles. The fourth-order valence-corrected chi connectivity index (χ4v) is 2.51. The van der Waals surface area contributed by atoms with Gasteiger partial charge in [0.1, 0.15) is 11.6 Å². The Morgan fingerprint density at radius 1 is 1.48 bits per heavy atom. The van der Waals surface area contributed by atoms with Gasteiger partial charge in [-0.15, -0.1) is 0 Å². The van der Waals surface area contributed by atoms with Gasteiger partial charge in [-0.25, -0.2) is 8.78 Å². The zero-order chi connectivity index (χ0) is 15.2. The molecule has 2 rings (SSSR count). The molecule has 1 unspecified atom stereocenters. The van der Waals surface area contributed by atoms with Crippen LogP contribution >= 0.6 is 0 Å². The maximum atomic E-state index is 13.5. The summed E-state index contributed by atoms with van der Waals surface area (Å²) in [5.74, 6) is -1.71. The minimum Gasteiger partial charge on any atom is -0.322 e. The molecule has 2 N–H and O–H groups in total. The molecule has 6 heteroatoms. The number of anilines is 1. The van der Waals surface area contributed by atoms with Crippen LogP contribution in [0, 0.1) is 11.6 Å². The molecule has 0 aliphatic carbocycles. The first-order valence-electron chi connectivity index (χ1n) is 7.29. The van der Waals surface area contributed by atoms with E-state index >= 15 is 0 Å². The first kappa shape index (κ1) is 15.9. The monoisotopic (exact) mass is 297 g/mol. The Hall–Kier alpha value is -1.53. The van der Waals surface area contributed by atoms with Crippen molar-refractivity contribution in [3.63, 3.8) is 0 Å². The average molecular weight is 297 g/mol. The molecule has 1 amide bonds. The second-order valence-corrected chi connectivity index (χ2v) is 5.29. The molecule has 116 valence electrons. The number of hydrogen-bond acceptors (Lipinski definition) is 3. The first-order valence-corrected chi connectivity index (χ1v) is 7.29. The smallest absolute Gasteiger partial charge is 0.238 e. The Balaban J connectivity index is 1.86. The highest BCUT2D eigenvalue weighted by atomic mass is 19.1. The molecule has 1 atom stereocenters. The molecule has 1 fully saturated rings. The van der Waals surface area contributed by atoms with Gasteiger partial charge < -0.3 is 10.6 Å². The van der Waals surface area contributed by atoms with Gasteiger partial charge in [-0.3, -0.25) is 9.69 Å². The average Bonchev–Trinajstić information content (AvgIpc) is 2.94. The number of hydrogen-bond donors (Lipinski definition) is 2. The summed E-state index contributed by atoms with van der Waals surface area (Å²) in [6.45, 7) is 4.76. The van der Waals surface area contributed by atoms with E-state index in [1.54, 1.807) is 0 Å². The summed E-state index contributed by atoms with van der Waals surface area (Å²) in [5.41, 5.74) is 0.0106. The van der Waals surface area contributed by atoms with Crippen LogP contribution in [0.3, 0.4) is 0 Å². The largest absolute Gasteiger partial charge is 0.322 e. The van der Waals surface area contributed by atoms with E-state index in [4.69, 9.17) is 0 Å². The van der Waals surface area contributed by atoms with E-state index in [1.807, 2.05) is 11.8 Å². The molecule has 0 bridgehead atoms. The molecule has 4 nitrogen and oxygen atoms in total. The highest BCUT2D eigenvalue weighted by Gasteiger charge is 2.19. The van der Waals surface area contributed by atoms with Crippen molar-refractivity contribution in [3.8, 4) is 0 Å². The van der Waals surface area contributed by atoms with Gasteiger partial charge in [0, 0.05) is 18.7 Å². The first-order chi connectivity index (χ1) is 10.1. The van der Waals surface area contributed by atoms with Crippen molar-refractivity contribution < 1.29 is 13.6 Å². The quantitative estimate of drug-likeness (QED) is 0.844. The summed E-state index contributed by atoms with van der Waals surface area (Å²) in [6, 6.07) is 3.53. The minimum absolute atomic E-state index is 0.0106. The van der Waals surface area contributed by atoms with Crippen LogP contribution in [0.25, 0.3) is 0 Å². The number of carbonyl (C=O) groups is 1. The van der Waals surface area contributed by atoms with E-state index in [1.165, 1.54) is 6.07 Å². The van der Waals surface area contributed by atoms with E-state index < -0.39 is 11.6 Å². The third-order valence-corrected chi connectivity index (χ3v) is 3.66. The van der Waals surface area contributed by atoms with Gasteiger partial charge in [-0.05, 0) is 38.1 Å². The summed E-state index contributed by atoms with van der Waals surface area (Å²) >= 11 is 0. The van der Waals surface area contributed by atoms with E-state index in [0.29, 0.717) is 6.04 Å². The van der Waals surface area contributed by atoms with Crippen LogP contribution < -0.4 is 10.6 Å². The predicted octanol–water partition coefficient (Wildman–Crippen LogP) is 1.98. The Morgan fingerprint density at radius 2 is 2.29 bits per heavy atom. The second kappa shape index (κ2) is 7.47. The number of nitrogens with zero attached hydrogens (tertiary/aromatic N) is 1. The third-order valence-electron chi connectivity index (χ3n) is 3.66. The van der Waals surface area contributed by atoms with Gasteiger partial charge in [-0.1, -0.05) is 6.92 Å². The lowest BCUT2D eigenvalue weighted by molar-refractivity contribution is -0.117. The van der Waals surface area contributed by atoms with Gasteiger partial charge in [0.25, 0.3) is 0 Å². The van der Waals surface area contributed by atoms with Crippen LogP contribution in [0.4, 0.5) is 14.5 Å². The zero-order valence-electron chi connectivity index (χ0n) is 12.2. The van der Waals surface area contributed by atoms with E-state index in [9.17, 15) is 13.6 Å². The maximum absolute atomic E-state index is 13.5. The molecule has 1 aromatic rings. The normalized spacial score (nSPS) is 18.2. The molecular formula is C15H21F2N3O. The molecule has 0 radical (unpaired) electrons. The molecule has 1 heterocycles. The second-order valence-electron chi connectivity index (χ2n) is 5.29. The SMILES string of the molecule is CCN(CC(=O)Nc1ccc(F)cc1F)CC1CCCN1. The summed E-state index contributed by atoms with van der Waals surface area (Å²) in [6.07, 6.45) is 2.28. The molecule has 0 spiro atoms. The topological polar surface area (TPSA) is 44.4 Å². The van der Waals surface area contributed by atoms with Gasteiger partial charge in [0.2, 0.25) is 5.91 Å². The molecule has 1 saturated heterocycles. The summed E-state index contributed by atoms with van der Waals surface area (Å²) < 4.78 is 26.3. The van der Waals surface area contributed by atoms with Gasteiger partial charge in [-0.2, -0.15) is 0 Å². The summed E-state index contributed by atoms with van der Waals surface area (Å²) in [4.78, 5) is 14.0. The lowest BCUT2D eigenvalue weighted by Gasteiger charge is -2.23. The van der Waals surface area contributed by atoms with Crippen molar-refractivity contribution in [2.75, 3.05) is 31.5 Å². The van der Waals surface area contributed by atoms with Crippen LogP contribution in [-0.4, -0.2) is 43.0 Å². The molecular weight excluding hydrogens is 276 g/mol. The molecule has 0 aromatic heterocycles. The van der Waals surface area contributed by atoms with E-state index in [-0.39, 0.29) is 18.1 Å². The van der Waals surface area contributed by atoms with Crippen molar-refractivity contribution in [3.05, 3.63) is 29.8 Å². The van der Waals surface area contributed by atoms with Crippen LogP contribution in [-0.2, 0) is 4.79 Å². The Labute approximate surface area is 123 Å². The lowest BCUT2D eigenvalue weighted by atomic mass is 10.2. The maximum Gasteiger partial charge on any atom is 0.238 e. The zero-order valence-corrected chi connectivity index (χ0v) is 12.2. The summed E-state index contributed by atoms with van der Waals surface area (Å²) in [5, 5.41) is 5.87. The fraction of sp³-hybridized carbons (Fsp3) is 0.533. The third kappa shape index (κ3) is 4.75. The molecule has 21 heavy (non-hydrogen) atoms.